The minimum Gasteiger partial charge on any atom is -0.345 e. The van der Waals surface area contributed by atoms with Crippen LogP contribution in [0.4, 0.5) is 0 Å². The van der Waals surface area contributed by atoms with Crippen molar-refractivity contribution in [3.05, 3.63) is 35.4 Å². The van der Waals surface area contributed by atoms with E-state index in [4.69, 9.17) is 0 Å². The van der Waals surface area contributed by atoms with E-state index in [2.05, 4.69) is 4.72 Å². The van der Waals surface area contributed by atoms with Crippen molar-refractivity contribution >= 4 is 22.0 Å². The fraction of sp³-hybridized carbons (Fsp3) is 0.467. The topological polar surface area (TPSA) is 86.8 Å². The van der Waals surface area contributed by atoms with Gasteiger partial charge in [-0.3, -0.25) is 9.59 Å². The summed E-state index contributed by atoms with van der Waals surface area (Å²) in [5.41, 5.74) is 0.469. The zero-order chi connectivity index (χ0) is 17.0. The molecule has 7 nitrogen and oxygen atoms in total. The monoisotopic (exact) mass is 339 g/mol. The predicted octanol–water partition coefficient (Wildman–Crippen LogP) is 0.849. The largest absolute Gasteiger partial charge is 0.345 e. The van der Waals surface area contributed by atoms with Crippen LogP contribution in [0.1, 0.15) is 40.0 Å². The number of nitrogens with zero attached hydrogens (tertiary/aromatic N) is 2. The van der Waals surface area contributed by atoms with Gasteiger partial charge in [0.1, 0.15) is 0 Å². The lowest BCUT2D eigenvalue weighted by Gasteiger charge is -2.25. The van der Waals surface area contributed by atoms with Gasteiger partial charge in [0.15, 0.2) is 0 Å². The summed E-state index contributed by atoms with van der Waals surface area (Å²) >= 11 is 0. The SMILES string of the molecule is CN(C)C(=O)c1cccc(C(=O)NS(=O)(=O)N2CCCCC2)c1. The van der Waals surface area contributed by atoms with Crippen LogP contribution in [-0.4, -0.2) is 56.6 Å². The van der Waals surface area contributed by atoms with Crippen LogP contribution in [0.3, 0.4) is 0 Å². The average Bonchev–Trinajstić information content (AvgIpc) is 2.54. The average molecular weight is 339 g/mol. The highest BCUT2D eigenvalue weighted by molar-refractivity contribution is 7.87. The summed E-state index contributed by atoms with van der Waals surface area (Å²) < 4.78 is 27.8. The van der Waals surface area contributed by atoms with Gasteiger partial charge in [-0.2, -0.15) is 12.7 Å². The van der Waals surface area contributed by atoms with Crippen molar-refractivity contribution in [2.75, 3.05) is 27.2 Å². The first-order valence-electron chi connectivity index (χ1n) is 7.45. The summed E-state index contributed by atoms with van der Waals surface area (Å²) in [4.78, 5) is 25.5. The molecular weight excluding hydrogens is 318 g/mol. The summed E-state index contributed by atoms with van der Waals surface area (Å²) in [6.45, 7) is 0.837. The number of nitrogens with one attached hydrogen (secondary N) is 1. The van der Waals surface area contributed by atoms with Gasteiger partial charge in [-0.15, -0.1) is 0 Å². The maximum absolute atomic E-state index is 12.2. The van der Waals surface area contributed by atoms with Gasteiger partial charge in [-0.25, -0.2) is 4.72 Å². The number of carbonyl (C=O) groups excluding carboxylic acids is 2. The molecule has 2 amide bonds. The number of hydrogen-bond donors (Lipinski definition) is 1. The highest BCUT2D eigenvalue weighted by Crippen LogP contribution is 2.13. The van der Waals surface area contributed by atoms with Crippen molar-refractivity contribution in [2.24, 2.45) is 0 Å². The van der Waals surface area contributed by atoms with E-state index < -0.39 is 16.1 Å². The Kier molecular flexibility index (Phi) is 5.38. The molecule has 1 aromatic carbocycles. The number of hydrogen-bond acceptors (Lipinski definition) is 4. The van der Waals surface area contributed by atoms with E-state index in [1.54, 1.807) is 26.2 Å². The van der Waals surface area contributed by atoms with E-state index in [0.717, 1.165) is 19.3 Å². The Hall–Kier alpha value is -1.93. The molecule has 1 N–H and O–H groups in total. The second kappa shape index (κ2) is 7.10. The molecule has 0 aromatic heterocycles. The van der Waals surface area contributed by atoms with Gasteiger partial charge < -0.3 is 4.90 Å². The Labute approximate surface area is 136 Å². The normalized spacial score (nSPS) is 15.9. The van der Waals surface area contributed by atoms with E-state index in [1.807, 2.05) is 0 Å². The van der Waals surface area contributed by atoms with Crippen molar-refractivity contribution in [2.45, 2.75) is 19.3 Å². The van der Waals surface area contributed by atoms with Crippen molar-refractivity contribution in [3.63, 3.8) is 0 Å². The highest BCUT2D eigenvalue weighted by Gasteiger charge is 2.26. The Morgan fingerprint density at radius 3 is 2.30 bits per heavy atom. The number of amides is 2. The molecule has 23 heavy (non-hydrogen) atoms. The smallest absolute Gasteiger partial charge is 0.304 e. The van der Waals surface area contributed by atoms with E-state index in [-0.39, 0.29) is 11.5 Å². The van der Waals surface area contributed by atoms with Crippen LogP contribution >= 0.6 is 0 Å². The molecule has 8 heteroatoms. The summed E-state index contributed by atoms with van der Waals surface area (Å²) in [5, 5.41) is 0. The molecule has 1 saturated heterocycles. The van der Waals surface area contributed by atoms with Gasteiger partial charge in [0.25, 0.3) is 11.8 Å². The minimum atomic E-state index is -3.84. The molecule has 126 valence electrons. The highest BCUT2D eigenvalue weighted by atomic mass is 32.2. The van der Waals surface area contributed by atoms with Gasteiger partial charge in [-0.05, 0) is 31.0 Å². The molecule has 0 saturated carbocycles. The number of piperidine rings is 1. The Bertz CT molecular complexity index is 694. The number of carbonyl (C=O) groups is 2. The van der Waals surface area contributed by atoms with Crippen LogP contribution in [0.25, 0.3) is 0 Å². The third-order valence-corrected chi connectivity index (χ3v) is 5.14. The van der Waals surface area contributed by atoms with Crippen molar-refractivity contribution < 1.29 is 18.0 Å². The lowest BCUT2D eigenvalue weighted by molar-refractivity contribution is 0.0827. The lowest BCUT2D eigenvalue weighted by Crippen LogP contribution is -2.45. The summed E-state index contributed by atoms with van der Waals surface area (Å²) in [6, 6.07) is 6.01. The van der Waals surface area contributed by atoms with Gasteiger partial charge in [0.2, 0.25) is 0 Å². The van der Waals surface area contributed by atoms with E-state index in [0.29, 0.717) is 18.7 Å². The molecular formula is C15H21N3O4S. The number of rotatable bonds is 4. The van der Waals surface area contributed by atoms with Crippen LogP contribution in [-0.2, 0) is 10.2 Å². The second-order valence-corrected chi connectivity index (χ2v) is 7.35. The molecule has 0 bridgehead atoms. The van der Waals surface area contributed by atoms with Gasteiger partial charge in [0, 0.05) is 38.3 Å². The molecule has 0 atom stereocenters. The van der Waals surface area contributed by atoms with E-state index in [1.165, 1.54) is 21.3 Å². The molecule has 1 heterocycles. The standard InChI is InChI=1S/C15H21N3O4S/c1-17(2)15(20)13-8-6-7-12(11-13)14(19)16-23(21,22)18-9-4-3-5-10-18/h6-8,11H,3-5,9-10H2,1-2H3,(H,16,19). The van der Waals surface area contributed by atoms with Gasteiger partial charge in [0.05, 0.1) is 0 Å². The third kappa shape index (κ3) is 4.29. The first-order valence-corrected chi connectivity index (χ1v) is 8.89. The van der Waals surface area contributed by atoms with E-state index in [9.17, 15) is 18.0 Å². The molecule has 0 spiro atoms. The fourth-order valence-corrected chi connectivity index (χ4v) is 3.62. The molecule has 1 aliphatic rings. The lowest BCUT2D eigenvalue weighted by atomic mass is 10.1. The fourth-order valence-electron chi connectivity index (χ4n) is 2.40. The minimum absolute atomic E-state index is 0.137. The van der Waals surface area contributed by atoms with Crippen LogP contribution in [0, 0.1) is 0 Å². The van der Waals surface area contributed by atoms with Crippen molar-refractivity contribution in [3.8, 4) is 0 Å². The maximum Gasteiger partial charge on any atom is 0.304 e. The van der Waals surface area contributed by atoms with Crippen molar-refractivity contribution in [1.29, 1.82) is 0 Å². The molecule has 2 rings (SSSR count). The molecule has 0 unspecified atom stereocenters. The molecule has 1 aliphatic heterocycles. The second-order valence-electron chi connectivity index (χ2n) is 5.68. The quantitative estimate of drug-likeness (QED) is 0.881. The Morgan fingerprint density at radius 2 is 1.70 bits per heavy atom. The van der Waals surface area contributed by atoms with Gasteiger partial charge in [-0.1, -0.05) is 12.5 Å². The first kappa shape index (κ1) is 17.4. The predicted molar refractivity (Wildman–Crippen MR) is 86.3 cm³/mol. The molecule has 0 aliphatic carbocycles. The first-order chi connectivity index (χ1) is 10.8. The molecule has 1 aromatic rings. The van der Waals surface area contributed by atoms with Gasteiger partial charge >= 0.3 is 10.2 Å². The van der Waals surface area contributed by atoms with Crippen LogP contribution in [0.2, 0.25) is 0 Å². The summed E-state index contributed by atoms with van der Waals surface area (Å²) in [5.74, 6) is -0.984. The Morgan fingerprint density at radius 1 is 1.09 bits per heavy atom. The third-order valence-electron chi connectivity index (χ3n) is 3.65. The molecule has 0 radical (unpaired) electrons. The Balaban J connectivity index is 2.14. The summed E-state index contributed by atoms with van der Waals surface area (Å²) in [7, 11) is -0.628. The van der Waals surface area contributed by atoms with E-state index >= 15 is 0 Å². The molecule has 1 fully saturated rings. The zero-order valence-electron chi connectivity index (χ0n) is 13.3. The zero-order valence-corrected chi connectivity index (χ0v) is 14.1. The van der Waals surface area contributed by atoms with Crippen LogP contribution in [0.5, 0.6) is 0 Å². The van der Waals surface area contributed by atoms with Crippen LogP contribution in [0.15, 0.2) is 24.3 Å². The summed E-state index contributed by atoms with van der Waals surface area (Å²) in [6.07, 6.45) is 2.58. The van der Waals surface area contributed by atoms with Crippen molar-refractivity contribution in [1.82, 2.24) is 13.9 Å². The number of benzene rings is 1. The maximum atomic E-state index is 12.2. The van der Waals surface area contributed by atoms with Crippen LogP contribution < -0.4 is 4.72 Å².